The second-order valence-corrected chi connectivity index (χ2v) is 13.9. The average Bonchev–Trinajstić information content (AvgIpc) is 3.62. The van der Waals surface area contributed by atoms with E-state index in [1.54, 1.807) is 0 Å². The van der Waals surface area contributed by atoms with Crippen LogP contribution < -0.4 is 4.90 Å². The summed E-state index contributed by atoms with van der Waals surface area (Å²) in [7, 11) is 0. The Morgan fingerprint density at radius 2 is 0.959 bits per heavy atom. The Kier molecular flexibility index (Phi) is 6.33. The van der Waals surface area contributed by atoms with Gasteiger partial charge in [-0.25, -0.2) is 0 Å². The highest BCUT2D eigenvalue weighted by Gasteiger charge is 2.52. The highest BCUT2D eigenvalue weighted by Crippen LogP contribution is 2.64. The summed E-state index contributed by atoms with van der Waals surface area (Å²) in [5, 5.41) is 0. The minimum Gasteiger partial charge on any atom is -0.310 e. The summed E-state index contributed by atoms with van der Waals surface area (Å²) in [5.41, 5.74) is 21.1. The van der Waals surface area contributed by atoms with Gasteiger partial charge in [-0.2, -0.15) is 0 Å². The summed E-state index contributed by atoms with van der Waals surface area (Å²) in [6.07, 6.45) is 4.79. The smallest absolute Gasteiger partial charge is 0.0726 e. The fourth-order valence-electron chi connectivity index (χ4n) is 9.41. The Morgan fingerprint density at radius 3 is 1.55 bits per heavy atom. The van der Waals surface area contributed by atoms with Crippen LogP contribution in [0.15, 0.2) is 158 Å². The fraction of sp³-hybridized carbons (Fsp3) is 0.125. The number of aryl methyl sites for hydroxylation is 2. The number of hydrogen-bond acceptors (Lipinski definition) is 1. The zero-order valence-electron chi connectivity index (χ0n) is 27.8. The first kappa shape index (κ1) is 28.4. The summed E-state index contributed by atoms with van der Waals surface area (Å²) in [6.45, 7) is 2.31. The van der Waals surface area contributed by atoms with Gasteiger partial charge in [-0.1, -0.05) is 121 Å². The molecule has 0 aromatic heterocycles. The van der Waals surface area contributed by atoms with E-state index in [-0.39, 0.29) is 0 Å². The SMILES string of the molecule is Cc1ccc2c(c1-c1cc3c(cc1N(c1ccccc1)c1ccccc1)C1(c4ccccc4-c4ccccc41)c1ccccc1-3)CCCC2. The van der Waals surface area contributed by atoms with Crippen LogP contribution in [0.5, 0.6) is 0 Å². The Hall–Kier alpha value is -5.66. The van der Waals surface area contributed by atoms with Gasteiger partial charge in [0.1, 0.15) is 0 Å². The number of hydrogen-bond donors (Lipinski definition) is 0. The minimum atomic E-state index is -0.406. The molecule has 1 spiro atoms. The van der Waals surface area contributed by atoms with Gasteiger partial charge in [-0.3, -0.25) is 0 Å². The third kappa shape index (κ3) is 3.99. The Labute approximate surface area is 289 Å². The molecule has 0 heterocycles. The van der Waals surface area contributed by atoms with E-state index in [1.165, 1.54) is 90.9 Å². The molecule has 0 atom stereocenters. The van der Waals surface area contributed by atoms with Gasteiger partial charge in [-0.05, 0) is 136 Å². The standard InChI is InChI=1S/C48H37N/c1-32-28-29-33-16-8-9-21-36(33)47(32)41-30-40-39-24-12-15-27-44(39)48(42-25-13-10-22-37(42)38-23-11-14-26-43(38)48)45(40)31-46(41)49(34-17-4-2-5-18-34)35-19-6-3-7-20-35/h2-7,10-15,17-20,22-31H,8-9,16,21H2,1H3. The highest BCUT2D eigenvalue weighted by atomic mass is 15.1. The molecule has 1 nitrogen and oxygen atoms in total. The lowest BCUT2D eigenvalue weighted by molar-refractivity contribution is 0.686. The summed E-state index contributed by atoms with van der Waals surface area (Å²) in [5.74, 6) is 0. The maximum Gasteiger partial charge on any atom is 0.0726 e. The molecular formula is C48H37N. The van der Waals surface area contributed by atoms with E-state index in [0.717, 1.165) is 24.2 Å². The van der Waals surface area contributed by atoms with Crippen LogP contribution in [-0.2, 0) is 18.3 Å². The second kappa shape index (κ2) is 10.9. The van der Waals surface area contributed by atoms with Crippen LogP contribution in [0, 0.1) is 6.92 Å². The maximum absolute atomic E-state index is 2.57. The van der Waals surface area contributed by atoms with Gasteiger partial charge in [0, 0.05) is 16.9 Å². The number of anilines is 3. The third-order valence-electron chi connectivity index (χ3n) is 11.4. The number of nitrogens with zero attached hydrogens (tertiary/aromatic N) is 1. The number of benzene rings is 7. The van der Waals surface area contributed by atoms with E-state index in [0.29, 0.717) is 0 Å². The van der Waals surface area contributed by atoms with Gasteiger partial charge in [-0.15, -0.1) is 0 Å². The minimum absolute atomic E-state index is 0.406. The molecule has 3 aliphatic carbocycles. The zero-order valence-corrected chi connectivity index (χ0v) is 27.8. The van der Waals surface area contributed by atoms with E-state index in [4.69, 9.17) is 0 Å². The van der Waals surface area contributed by atoms with Crippen molar-refractivity contribution in [2.45, 2.75) is 38.0 Å². The van der Waals surface area contributed by atoms with Gasteiger partial charge in [0.05, 0.1) is 11.1 Å². The van der Waals surface area contributed by atoms with Crippen molar-refractivity contribution >= 4 is 17.1 Å². The van der Waals surface area contributed by atoms with Crippen LogP contribution >= 0.6 is 0 Å². The lowest BCUT2D eigenvalue weighted by Crippen LogP contribution is -2.26. The van der Waals surface area contributed by atoms with Gasteiger partial charge < -0.3 is 4.90 Å². The molecule has 1 heteroatoms. The molecule has 0 saturated heterocycles. The Bertz CT molecular complexity index is 2320. The monoisotopic (exact) mass is 627 g/mol. The highest BCUT2D eigenvalue weighted by molar-refractivity contribution is 6.00. The lowest BCUT2D eigenvalue weighted by Gasteiger charge is -2.34. The zero-order chi connectivity index (χ0) is 32.5. The van der Waals surface area contributed by atoms with E-state index < -0.39 is 5.41 Å². The van der Waals surface area contributed by atoms with Gasteiger partial charge >= 0.3 is 0 Å². The van der Waals surface area contributed by atoms with Crippen LogP contribution in [-0.4, -0.2) is 0 Å². The lowest BCUT2D eigenvalue weighted by atomic mass is 9.70. The predicted octanol–water partition coefficient (Wildman–Crippen LogP) is 12.4. The summed E-state index contributed by atoms with van der Waals surface area (Å²) in [4.78, 5) is 2.50. The largest absolute Gasteiger partial charge is 0.310 e. The average molecular weight is 628 g/mol. The quantitative estimate of drug-likeness (QED) is 0.188. The topological polar surface area (TPSA) is 3.24 Å². The molecule has 0 saturated carbocycles. The van der Waals surface area contributed by atoms with Crippen molar-refractivity contribution in [3.63, 3.8) is 0 Å². The van der Waals surface area contributed by atoms with Crippen molar-refractivity contribution in [3.05, 3.63) is 197 Å². The molecule has 10 rings (SSSR count). The van der Waals surface area contributed by atoms with Gasteiger partial charge in [0.15, 0.2) is 0 Å². The molecule has 0 fully saturated rings. The van der Waals surface area contributed by atoms with E-state index >= 15 is 0 Å². The molecule has 49 heavy (non-hydrogen) atoms. The fourth-order valence-corrected chi connectivity index (χ4v) is 9.41. The first-order chi connectivity index (χ1) is 24.2. The molecule has 0 unspecified atom stereocenters. The number of fused-ring (bicyclic) bond motifs is 11. The molecule has 234 valence electrons. The molecule has 0 radical (unpaired) electrons. The van der Waals surface area contributed by atoms with Crippen molar-refractivity contribution < 1.29 is 0 Å². The summed E-state index contributed by atoms with van der Waals surface area (Å²) >= 11 is 0. The second-order valence-electron chi connectivity index (χ2n) is 13.9. The van der Waals surface area contributed by atoms with E-state index in [1.807, 2.05) is 0 Å². The first-order valence-electron chi connectivity index (χ1n) is 17.7. The van der Waals surface area contributed by atoms with Gasteiger partial charge in [0.2, 0.25) is 0 Å². The van der Waals surface area contributed by atoms with E-state index in [2.05, 4.69) is 170 Å². The molecule has 3 aliphatic rings. The van der Waals surface area contributed by atoms with Crippen LogP contribution in [0.3, 0.4) is 0 Å². The van der Waals surface area contributed by atoms with Crippen LogP contribution in [0.25, 0.3) is 33.4 Å². The van der Waals surface area contributed by atoms with Crippen molar-refractivity contribution in [3.8, 4) is 33.4 Å². The molecule has 0 bridgehead atoms. The maximum atomic E-state index is 2.57. The Balaban J connectivity index is 1.37. The molecule has 0 N–H and O–H groups in total. The van der Waals surface area contributed by atoms with Crippen molar-refractivity contribution in [2.75, 3.05) is 4.90 Å². The first-order valence-corrected chi connectivity index (χ1v) is 17.7. The van der Waals surface area contributed by atoms with E-state index in [9.17, 15) is 0 Å². The van der Waals surface area contributed by atoms with Crippen molar-refractivity contribution in [1.29, 1.82) is 0 Å². The van der Waals surface area contributed by atoms with Crippen LogP contribution in [0.4, 0.5) is 17.1 Å². The number of para-hydroxylation sites is 2. The molecule has 0 aliphatic heterocycles. The van der Waals surface area contributed by atoms with Gasteiger partial charge in [0.25, 0.3) is 0 Å². The molecular weight excluding hydrogens is 591 g/mol. The predicted molar refractivity (Wildman–Crippen MR) is 204 cm³/mol. The molecule has 7 aromatic carbocycles. The van der Waals surface area contributed by atoms with Crippen molar-refractivity contribution in [1.82, 2.24) is 0 Å². The Morgan fingerprint density at radius 1 is 0.449 bits per heavy atom. The number of rotatable bonds is 4. The van der Waals surface area contributed by atoms with Crippen LogP contribution in [0.2, 0.25) is 0 Å². The third-order valence-corrected chi connectivity index (χ3v) is 11.4. The molecule has 7 aromatic rings. The van der Waals surface area contributed by atoms with Crippen molar-refractivity contribution in [2.24, 2.45) is 0 Å². The normalized spacial score (nSPS) is 14.5. The summed E-state index contributed by atoms with van der Waals surface area (Å²) < 4.78 is 0. The van der Waals surface area contributed by atoms with Crippen LogP contribution in [0.1, 0.15) is 51.8 Å². The molecule has 0 amide bonds. The summed E-state index contributed by atoms with van der Waals surface area (Å²) in [6, 6.07) is 59.2.